The van der Waals surface area contributed by atoms with Gasteiger partial charge >= 0.3 is 0 Å². The lowest BCUT2D eigenvalue weighted by atomic mass is 10.2. The molecule has 0 saturated heterocycles. The second-order valence-corrected chi connectivity index (χ2v) is 7.36. The number of benzene rings is 3. The maximum Gasteiger partial charge on any atom is 0.270 e. The molecule has 0 heterocycles. The fourth-order valence-electron chi connectivity index (χ4n) is 2.28. The Morgan fingerprint density at radius 2 is 1.67 bits per heavy atom. The van der Waals surface area contributed by atoms with E-state index in [-0.39, 0.29) is 16.6 Å². The van der Waals surface area contributed by atoms with Crippen LogP contribution in [-0.2, 0) is 0 Å². The van der Waals surface area contributed by atoms with Crippen LogP contribution in [0.2, 0.25) is 10.0 Å². The lowest BCUT2D eigenvalue weighted by Gasteiger charge is -2.11. The molecule has 0 aliphatic carbocycles. The summed E-state index contributed by atoms with van der Waals surface area (Å²) >= 11 is 13.3. The van der Waals surface area contributed by atoms with E-state index >= 15 is 0 Å². The molecule has 0 aromatic heterocycles. The van der Waals surface area contributed by atoms with Crippen LogP contribution in [0.15, 0.2) is 76.5 Å². The fraction of sp³-hybridized carbons (Fsp3) is 0. The third-order valence-corrected chi connectivity index (χ3v) is 5.41. The predicted octanol–water partition coefficient (Wildman–Crippen LogP) is 6.31. The minimum Gasteiger partial charge on any atom is -0.322 e. The molecule has 1 N–H and O–H groups in total. The van der Waals surface area contributed by atoms with Crippen molar-refractivity contribution in [3.63, 3.8) is 0 Å². The molecule has 0 unspecified atom stereocenters. The zero-order chi connectivity index (χ0) is 19.4. The summed E-state index contributed by atoms with van der Waals surface area (Å²) in [5, 5.41) is 14.5. The number of amides is 1. The van der Waals surface area contributed by atoms with Crippen molar-refractivity contribution in [2.24, 2.45) is 0 Å². The molecule has 136 valence electrons. The molecular formula is C19H12Cl2N2O3S. The average Bonchev–Trinajstić information content (AvgIpc) is 2.65. The summed E-state index contributed by atoms with van der Waals surface area (Å²) in [5.74, 6) is -0.279. The van der Waals surface area contributed by atoms with E-state index in [1.165, 1.54) is 23.9 Å². The third-order valence-electron chi connectivity index (χ3n) is 3.58. The molecule has 1 amide bonds. The van der Waals surface area contributed by atoms with Gasteiger partial charge in [-0.05, 0) is 42.5 Å². The minimum atomic E-state index is -0.506. The SMILES string of the molecule is O=C(Nc1ccc(Cl)cc1)c1ccccc1Sc1ccc([N+](=O)[O-])cc1Cl. The number of rotatable bonds is 5. The second-order valence-electron chi connectivity index (χ2n) is 5.43. The van der Waals surface area contributed by atoms with Crippen molar-refractivity contribution < 1.29 is 9.72 Å². The van der Waals surface area contributed by atoms with Gasteiger partial charge in [0.1, 0.15) is 0 Å². The Morgan fingerprint density at radius 3 is 2.33 bits per heavy atom. The Morgan fingerprint density at radius 1 is 0.963 bits per heavy atom. The number of hydrogen-bond acceptors (Lipinski definition) is 4. The first kappa shape index (κ1) is 19.2. The highest BCUT2D eigenvalue weighted by atomic mass is 35.5. The van der Waals surface area contributed by atoms with Gasteiger partial charge in [0, 0.05) is 32.6 Å². The van der Waals surface area contributed by atoms with Crippen molar-refractivity contribution in [2.45, 2.75) is 9.79 Å². The largest absolute Gasteiger partial charge is 0.322 e. The van der Waals surface area contributed by atoms with E-state index in [0.717, 1.165) is 0 Å². The van der Waals surface area contributed by atoms with Crippen LogP contribution in [0.4, 0.5) is 11.4 Å². The zero-order valence-corrected chi connectivity index (χ0v) is 16.0. The first-order chi connectivity index (χ1) is 12.9. The number of nitrogens with zero attached hydrogens (tertiary/aromatic N) is 1. The summed E-state index contributed by atoms with van der Waals surface area (Å²) in [7, 11) is 0. The Kier molecular flexibility index (Phi) is 6.01. The second kappa shape index (κ2) is 8.43. The molecule has 0 aliphatic heterocycles. The Balaban J connectivity index is 1.84. The van der Waals surface area contributed by atoms with Crippen LogP contribution in [0.1, 0.15) is 10.4 Å². The fourth-order valence-corrected chi connectivity index (χ4v) is 3.64. The van der Waals surface area contributed by atoms with Crippen LogP contribution in [-0.4, -0.2) is 10.8 Å². The summed E-state index contributed by atoms with van der Waals surface area (Å²) in [4.78, 5) is 24.3. The van der Waals surface area contributed by atoms with Crippen molar-refractivity contribution >= 4 is 52.2 Å². The monoisotopic (exact) mass is 418 g/mol. The van der Waals surface area contributed by atoms with Crippen molar-refractivity contribution in [3.05, 3.63) is 92.5 Å². The van der Waals surface area contributed by atoms with Gasteiger partial charge in [-0.25, -0.2) is 0 Å². The van der Waals surface area contributed by atoms with Crippen LogP contribution in [0, 0.1) is 10.1 Å². The smallest absolute Gasteiger partial charge is 0.270 e. The molecule has 3 aromatic rings. The summed E-state index contributed by atoms with van der Waals surface area (Å²) < 4.78 is 0. The van der Waals surface area contributed by atoms with Gasteiger partial charge in [0.15, 0.2) is 0 Å². The first-order valence-corrected chi connectivity index (χ1v) is 9.29. The lowest BCUT2D eigenvalue weighted by molar-refractivity contribution is -0.384. The number of anilines is 1. The zero-order valence-electron chi connectivity index (χ0n) is 13.7. The summed E-state index contributed by atoms with van der Waals surface area (Å²) in [5.41, 5.74) is 1.00. The molecule has 0 saturated carbocycles. The molecular weight excluding hydrogens is 407 g/mol. The van der Waals surface area contributed by atoms with Crippen LogP contribution >= 0.6 is 35.0 Å². The topological polar surface area (TPSA) is 72.2 Å². The molecule has 3 rings (SSSR count). The molecule has 0 radical (unpaired) electrons. The van der Waals surface area contributed by atoms with Crippen LogP contribution < -0.4 is 5.32 Å². The number of nitro benzene ring substituents is 1. The van der Waals surface area contributed by atoms with E-state index in [0.29, 0.717) is 26.1 Å². The van der Waals surface area contributed by atoms with Gasteiger partial charge in [-0.3, -0.25) is 14.9 Å². The normalized spacial score (nSPS) is 10.4. The van der Waals surface area contributed by atoms with Gasteiger partial charge in [-0.1, -0.05) is 47.1 Å². The third kappa shape index (κ3) is 4.80. The summed E-state index contributed by atoms with van der Waals surface area (Å²) in [6.45, 7) is 0. The van der Waals surface area contributed by atoms with E-state index in [4.69, 9.17) is 23.2 Å². The van der Waals surface area contributed by atoms with Crippen molar-refractivity contribution in [3.8, 4) is 0 Å². The number of hydrogen-bond donors (Lipinski definition) is 1. The summed E-state index contributed by atoms with van der Waals surface area (Å²) in [6, 6.07) is 18.1. The van der Waals surface area contributed by atoms with Gasteiger partial charge in [0.05, 0.1) is 15.5 Å². The molecule has 5 nitrogen and oxygen atoms in total. The van der Waals surface area contributed by atoms with Gasteiger partial charge < -0.3 is 5.32 Å². The van der Waals surface area contributed by atoms with Crippen molar-refractivity contribution in [2.75, 3.05) is 5.32 Å². The number of halogens is 2. The van der Waals surface area contributed by atoms with Gasteiger partial charge in [-0.15, -0.1) is 0 Å². The Labute approximate surface area is 169 Å². The Bertz CT molecular complexity index is 1010. The average molecular weight is 419 g/mol. The molecule has 0 fully saturated rings. The van der Waals surface area contributed by atoms with E-state index in [9.17, 15) is 14.9 Å². The first-order valence-electron chi connectivity index (χ1n) is 7.72. The highest BCUT2D eigenvalue weighted by Crippen LogP contribution is 2.37. The molecule has 3 aromatic carbocycles. The minimum absolute atomic E-state index is 0.0851. The van der Waals surface area contributed by atoms with Crippen LogP contribution in [0.25, 0.3) is 0 Å². The summed E-state index contributed by atoms with van der Waals surface area (Å²) in [6.07, 6.45) is 0. The molecule has 0 bridgehead atoms. The standard InChI is InChI=1S/C19H12Cl2N2O3S/c20-12-5-7-13(8-6-12)22-19(24)15-3-1-2-4-17(15)27-18-10-9-14(23(25)26)11-16(18)21/h1-11H,(H,22,24). The molecule has 8 heteroatoms. The van der Waals surface area contributed by atoms with E-state index < -0.39 is 4.92 Å². The number of nitrogens with one attached hydrogen (secondary N) is 1. The van der Waals surface area contributed by atoms with Crippen LogP contribution in [0.5, 0.6) is 0 Å². The maximum atomic E-state index is 12.7. The maximum absolute atomic E-state index is 12.7. The molecule has 0 aliphatic rings. The molecule has 0 spiro atoms. The highest BCUT2D eigenvalue weighted by Gasteiger charge is 2.15. The van der Waals surface area contributed by atoms with Crippen LogP contribution in [0.3, 0.4) is 0 Å². The highest BCUT2D eigenvalue weighted by molar-refractivity contribution is 7.99. The van der Waals surface area contributed by atoms with Crippen molar-refractivity contribution in [1.29, 1.82) is 0 Å². The van der Waals surface area contributed by atoms with E-state index in [1.807, 2.05) is 0 Å². The van der Waals surface area contributed by atoms with E-state index in [2.05, 4.69) is 5.32 Å². The number of nitro groups is 1. The van der Waals surface area contributed by atoms with Gasteiger partial charge in [-0.2, -0.15) is 0 Å². The van der Waals surface area contributed by atoms with Gasteiger partial charge in [0.25, 0.3) is 11.6 Å². The Hall–Kier alpha value is -2.54. The number of carbonyl (C=O) groups excluding carboxylic acids is 1. The lowest BCUT2D eigenvalue weighted by Crippen LogP contribution is -2.12. The predicted molar refractivity (Wildman–Crippen MR) is 108 cm³/mol. The molecule has 0 atom stereocenters. The van der Waals surface area contributed by atoms with E-state index in [1.54, 1.807) is 54.6 Å². The van der Waals surface area contributed by atoms with Crippen molar-refractivity contribution in [1.82, 2.24) is 0 Å². The quantitative estimate of drug-likeness (QED) is 0.389. The number of carbonyl (C=O) groups is 1. The molecule has 27 heavy (non-hydrogen) atoms. The number of non-ortho nitro benzene ring substituents is 1. The van der Waals surface area contributed by atoms with Gasteiger partial charge in [0.2, 0.25) is 0 Å².